The largest absolute Gasteiger partial charge is 0.507 e. The smallest absolute Gasteiger partial charge is 0.270 e. The lowest BCUT2D eigenvalue weighted by atomic mass is 10.1. The lowest BCUT2D eigenvalue weighted by Crippen LogP contribution is -2.54. The number of hydrogen-bond acceptors (Lipinski definition) is 7. The fourth-order valence-corrected chi connectivity index (χ4v) is 3.39. The Morgan fingerprint density at radius 2 is 1.67 bits per heavy atom. The molecule has 1 heterocycles. The third-order valence-electron chi connectivity index (χ3n) is 4.70. The van der Waals surface area contributed by atoms with E-state index in [4.69, 9.17) is 17.0 Å². The highest BCUT2D eigenvalue weighted by atomic mass is 32.1. The number of ether oxygens (including phenoxy) is 1. The predicted octanol–water partition coefficient (Wildman–Crippen LogP) is 3.92. The normalized spacial score (nSPS) is 14.8. The summed E-state index contributed by atoms with van der Waals surface area (Å²) in [6, 6.07) is 18.9. The van der Waals surface area contributed by atoms with E-state index in [0.717, 1.165) is 29.2 Å². The van der Waals surface area contributed by atoms with Crippen molar-refractivity contribution in [3.05, 3.63) is 94.0 Å². The Balaban J connectivity index is 1.64. The SMILES string of the molecule is O=C1NC(=S)N(c2ccc(Oc3ccccc3)cc2)C(=O)/C1=C/c1cc([N+](=O)[O-])ccc1O. The molecule has 3 aromatic rings. The van der Waals surface area contributed by atoms with Gasteiger partial charge in [-0.05, 0) is 60.8 Å². The highest BCUT2D eigenvalue weighted by molar-refractivity contribution is 7.80. The van der Waals surface area contributed by atoms with E-state index in [1.165, 1.54) is 0 Å². The third-order valence-corrected chi connectivity index (χ3v) is 4.98. The molecule has 0 radical (unpaired) electrons. The highest BCUT2D eigenvalue weighted by Gasteiger charge is 2.34. The molecule has 4 rings (SSSR count). The molecule has 1 aliphatic rings. The Bertz CT molecular complexity index is 1310. The number of nitrogens with one attached hydrogen (secondary N) is 1. The molecule has 1 fully saturated rings. The van der Waals surface area contributed by atoms with Crippen LogP contribution in [0.1, 0.15) is 5.56 Å². The summed E-state index contributed by atoms with van der Waals surface area (Å²) in [6.07, 6.45) is 1.08. The van der Waals surface area contributed by atoms with Gasteiger partial charge in [0.1, 0.15) is 22.8 Å². The first-order valence-corrected chi connectivity index (χ1v) is 9.96. The van der Waals surface area contributed by atoms with Crippen LogP contribution in [0, 0.1) is 10.1 Å². The minimum Gasteiger partial charge on any atom is -0.507 e. The molecule has 10 heteroatoms. The minimum absolute atomic E-state index is 0.0536. The predicted molar refractivity (Wildman–Crippen MR) is 124 cm³/mol. The summed E-state index contributed by atoms with van der Waals surface area (Å²) in [4.78, 5) is 37.0. The number of nitro groups is 1. The van der Waals surface area contributed by atoms with Crippen LogP contribution >= 0.6 is 12.2 Å². The number of benzene rings is 3. The third kappa shape index (κ3) is 4.55. The van der Waals surface area contributed by atoms with Gasteiger partial charge < -0.3 is 9.84 Å². The summed E-state index contributed by atoms with van der Waals surface area (Å²) in [5.74, 6) is -0.677. The van der Waals surface area contributed by atoms with E-state index in [2.05, 4.69) is 5.32 Å². The molecule has 1 saturated heterocycles. The van der Waals surface area contributed by atoms with Crippen LogP contribution in [0.5, 0.6) is 17.2 Å². The number of anilines is 1. The Kier molecular flexibility index (Phi) is 5.83. The van der Waals surface area contributed by atoms with Crippen LogP contribution in [-0.2, 0) is 9.59 Å². The summed E-state index contributed by atoms with van der Waals surface area (Å²) >= 11 is 5.18. The monoisotopic (exact) mass is 461 g/mol. The number of phenols is 1. The van der Waals surface area contributed by atoms with Gasteiger partial charge in [0.2, 0.25) is 0 Å². The minimum atomic E-state index is -0.781. The number of phenolic OH excluding ortho intramolecular Hbond substituents is 1. The molecule has 2 N–H and O–H groups in total. The molecular weight excluding hydrogens is 446 g/mol. The van der Waals surface area contributed by atoms with Crippen molar-refractivity contribution in [2.75, 3.05) is 4.90 Å². The number of amides is 2. The average molecular weight is 461 g/mol. The molecule has 0 spiro atoms. The van der Waals surface area contributed by atoms with Crippen LogP contribution in [0.25, 0.3) is 6.08 Å². The van der Waals surface area contributed by atoms with Crippen molar-refractivity contribution >= 4 is 46.6 Å². The Hall–Kier alpha value is -4.57. The van der Waals surface area contributed by atoms with Crippen LogP contribution in [0.3, 0.4) is 0 Å². The second-order valence-corrected chi connectivity index (χ2v) is 7.25. The zero-order valence-corrected chi connectivity index (χ0v) is 17.6. The van der Waals surface area contributed by atoms with Crippen molar-refractivity contribution in [3.8, 4) is 17.2 Å². The first-order valence-electron chi connectivity index (χ1n) is 9.55. The maximum atomic E-state index is 13.1. The topological polar surface area (TPSA) is 122 Å². The van der Waals surface area contributed by atoms with Crippen LogP contribution in [0.2, 0.25) is 0 Å². The van der Waals surface area contributed by atoms with Crippen molar-refractivity contribution in [1.82, 2.24) is 5.32 Å². The Labute approximate surface area is 192 Å². The summed E-state index contributed by atoms with van der Waals surface area (Å²) < 4.78 is 5.74. The number of hydrogen-bond donors (Lipinski definition) is 2. The number of non-ortho nitro benzene ring substituents is 1. The quantitative estimate of drug-likeness (QED) is 0.194. The highest BCUT2D eigenvalue weighted by Crippen LogP contribution is 2.29. The van der Waals surface area contributed by atoms with Crippen molar-refractivity contribution in [1.29, 1.82) is 0 Å². The summed E-state index contributed by atoms with van der Waals surface area (Å²) in [5.41, 5.74) is -0.324. The van der Waals surface area contributed by atoms with Gasteiger partial charge >= 0.3 is 0 Å². The molecular formula is C23H15N3O6S. The first-order chi connectivity index (χ1) is 15.8. The first kappa shape index (κ1) is 21.7. The molecule has 0 aromatic heterocycles. The lowest BCUT2D eigenvalue weighted by molar-refractivity contribution is -0.384. The second-order valence-electron chi connectivity index (χ2n) is 6.87. The number of thiocarbonyl (C=S) groups is 1. The molecule has 0 unspecified atom stereocenters. The van der Waals surface area contributed by atoms with Gasteiger partial charge in [-0.2, -0.15) is 0 Å². The van der Waals surface area contributed by atoms with E-state index >= 15 is 0 Å². The number of carbonyl (C=O) groups excluding carboxylic acids is 2. The number of nitrogens with zero attached hydrogens (tertiary/aromatic N) is 2. The van der Waals surface area contributed by atoms with E-state index in [9.17, 15) is 24.8 Å². The van der Waals surface area contributed by atoms with Crippen molar-refractivity contribution in [2.45, 2.75) is 0 Å². The maximum absolute atomic E-state index is 13.1. The van der Waals surface area contributed by atoms with E-state index < -0.39 is 16.7 Å². The van der Waals surface area contributed by atoms with Crippen LogP contribution in [0.15, 0.2) is 78.4 Å². The summed E-state index contributed by atoms with van der Waals surface area (Å²) in [7, 11) is 0. The maximum Gasteiger partial charge on any atom is 0.270 e. The van der Waals surface area contributed by atoms with Crippen molar-refractivity contribution < 1.29 is 24.4 Å². The molecule has 2 amide bonds. The Morgan fingerprint density at radius 1 is 1.00 bits per heavy atom. The van der Waals surface area contributed by atoms with Crippen LogP contribution in [0.4, 0.5) is 11.4 Å². The van der Waals surface area contributed by atoms with E-state index in [1.807, 2.05) is 18.2 Å². The fourth-order valence-electron chi connectivity index (χ4n) is 3.11. The fraction of sp³-hybridized carbons (Fsp3) is 0. The number of rotatable bonds is 5. The van der Waals surface area contributed by atoms with Gasteiger partial charge in [0, 0.05) is 17.7 Å². The number of aromatic hydroxyl groups is 1. The van der Waals surface area contributed by atoms with Gasteiger partial charge in [-0.15, -0.1) is 0 Å². The van der Waals surface area contributed by atoms with Gasteiger partial charge in [0.15, 0.2) is 5.11 Å². The van der Waals surface area contributed by atoms with Gasteiger partial charge in [0.05, 0.1) is 10.6 Å². The number of para-hydroxylation sites is 1. The Morgan fingerprint density at radius 3 is 2.33 bits per heavy atom. The van der Waals surface area contributed by atoms with E-state index in [-0.39, 0.29) is 27.7 Å². The molecule has 164 valence electrons. The zero-order chi connectivity index (χ0) is 23.5. The van der Waals surface area contributed by atoms with Crippen LogP contribution in [-0.4, -0.2) is 27.0 Å². The molecule has 0 saturated carbocycles. The van der Waals surface area contributed by atoms with Crippen molar-refractivity contribution in [3.63, 3.8) is 0 Å². The summed E-state index contributed by atoms with van der Waals surface area (Å²) in [6.45, 7) is 0. The van der Waals surface area contributed by atoms with Gasteiger partial charge in [0.25, 0.3) is 17.5 Å². The summed E-state index contributed by atoms with van der Waals surface area (Å²) in [5, 5.41) is 23.4. The standard InChI is InChI=1S/C23H15N3O6S/c27-20-11-8-16(26(30)31)12-14(20)13-19-21(28)24-23(33)25(22(19)29)15-6-9-18(10-7-15)32-17-4-2-1-3-5-17/h1-13,27H,(H,24,28,33)/b19-13+. The number of carbonyl (C=O) groups is 2. The molecule has 9 nitrogen and oxygen atoms in total. The molecule has 0 bridgehead atoms. The zero-order valence-electron chi connectivity index (χ0n) is 16.8. The average Bonchev–Trinajstić information content (AvgIpc) is 2.79. The number of nitro benzene ring substituents is 1. The van der Waals surface area contributed by atoms with Gasteiger partial charge in [-0.25, -0.2) is 0 Å². The van der Waals surface area contributed by atoms with E-state index in [1.54, 1.807) is 36.4 Å². The molecule has 33 heavy (non-hydrogen) atoms. The van der Waals surface area contributed by atoms with Crippen LogP contribution < -0.4 is 15.0 Å². The molecule has 3 aromatic carbocycles. The van der Waals surface area contributed by atoms with E-state index in [0.29, 0.717) is 17.2 Å². The molecule has 0 aliphatic carbocycles. The van der Waals surface area contributed by atoms with Gasteiger partial charge in [-0.1, -0.05) is 18.2 Å². The van der Waals surface area contributed by atoms with Gasteiger partial charge in [-0.3, -0.25) is 29.9 Å². The lowest BCUT2D eigenvalue weighted by Gasteiger charge is -2.29. The van der Waals surface area contributed by atoms with Crippen molar-refractivity contribution in [2.24, 2.45) is 0 Å². The second kappa shape index (κ2) is 8.89. The molecule has 1 aliphatic heterocycles. The molecule has 0 atom stereocenters.